The van der Waals surface area contributed by atoms with Crippen LogP contribution in [0.2, 0.25) is 0 Å². The largest absolute Gasteiger partial charge is 0.481 e. The fraction of sp³-hybridized carbons (Fsp3) is 0.889. The normalized spacial score (nSPS) is 18.9. The summed E-state index contributed by atoms with van der Waals surface area (Å²) in [6, 6.07) is 0. The van der Waals surface area contributed by atoms with E-state index < -0.39 is 11.6 Å². The lowest BCUT2D eigenvalue weighted by atomic mass is 9.93. The first kappa shape index (κ1) is 11.4. The molecule has 0 radical (unpaired) electrons. The van der Waals surface area contributed by atoms with Crippen molar-refractivity contribution in [1.29, 1.82) is 0 Å². The Morgan fingerprint density at radius 1 is 1.50 bits per heavy atom. The minimum Gasteiger partial charge on any atom is -0.481 e. The van der Waals surface area contributed by atoms with Crippen LogP contribution >= 0.6 is 0 Å². The molecule has 1 heterocycles. The molecule has 1 aliphatic rings. The van der Waals surface area contributed by atoms with Gasteiger partial charge in [-0.05, 0) is 6.92 Å². The second kappa shape index (κ2) is 5.29. The van der Waals surface area contributed by atoms with Gasteiger partial charge in [0.1, 0.15) is 5.60 Å². The van der Waals surface area contributed by atoms with Gasteiger partial charge in [-0.25, -0.2) is 0 Å². The molecule has 5 heteroatoms. The van der Waals surface area contributed by atoms with Crippen molar-refractivity contribution in [2.45, 2.75) is 18.9 Å². The second-order valence-electron chi connectivity index (χ2n) is 3.40. The van der Waals surface area contributed by atoms with E-state index in [9.17, 15) is 4.79 Å². The molecule has 0 bridgehead atoms. The van der Waals surface area contributed by atoms with Crippen molar-refractivity contribution in [2.75, 3.05) is 32.9 Å². The number of carboxylic acid groups (broad SMARTS) is 1. The highest BCUT2D eigenvalue weighted by molar-refractivity contribution is 5.68. The zero-order valence-electron chi connectivity index (χ0n) is 8.41. The number of aliphatic carboxylic acids is 1. The Morgan fingerprint density at radius 2 is 2.21 bits per heavy atom. The van der Waals surface area contributed by atoms with Crippen molar-refractivity contribution in [3.8, 4) is 0 Å². The van der Waals surface area contributed by atoms with E-state index in [1.54, 1.807) is 0 Å². The van der Waals surface area contributed by atoms with Crippen molar-refractivity contribution >= 4 is 5.97 Å². The molecule has 1 aliphatic heterocycles. The Hall–Kier alpha value is -0.650. The molecule has 82 valence electrons. The summed E-state index contributed by atoms with van der Waals surface area (Å²) < 4.78 is 10.6. The smallest absolute Gasteiger partial charge is 0.306 e. The van der Waals surface area contributed by atoms with Gasteiger partial charge in [0, 0.05) is 19.7 Å². The van der Waals surface area contributed by atoms with Crippen molar-refractivity contribution in [1.82, 2.24) is 5.32 Å². The first-order valence-electron chi connectivity index (χ1n) is 4.83. The van der Waals surface area contributed by atoms with Crippen molar-refractivity contribution in [2.24, 2.45) is 0 Å². The van der Waals surface area contributed by atoms with Crippen LogP contribution in [0.5, 0.6) is 0 Å². The second-order valence-corrected chi connectivity index (χ2v) is 3.40. The highest BCUT2D eigenvalue weighted by atomic mass is 16.5. The topological polar surface area (TPSA) is 67.8 Å². The summed E-state index contributed by atoms with van der Waals surface area (Å²) in [6.45, 7) is 4.79. The Kier molecular flexibility index (Phi) is 4.31. The van der Waals surface area contributed by atoms with Crippen LogP contribution in [0.4, 0.5) is 0 Å². The summed E-state index contributed by atoms with van der Waals surface area (Å²) in [5.74, 6) is -0.817. The van der Waals surface area contributed by atoms with Crippen LogP contribution in [0, 0.1) is 0 Å². The summed E-state index contributed by atoms with van der Waals surface area (Å²) in [7, 11) is 0. The maximum absolute atomic E-state index is 10.6. The minimum atomic E-state index is -0.817. The molecule has 5 nitrogen and oxygen atoms in total. The Labute approximate surface area is 83.4 Å². The molecule has 2 N–H and O–H groups in total. The molecule has 0 aliphatic carbocycles. The third kappa shape index (κ3) is 3.25. The van der Waals surface area contributed by atoms with E-state index in [2.05, 4.69) is 5.32 Å². The first-order chi connectivity index (χ1) is 6.68. The van der Waals surface area contributed by atoms with E-state index in [1.807, 2.05) is 6.92 Å². The molecule has 0 spiro atoms. The van der Waals surface area contributed by atoms with Crippen LogP contribution in [-0.4, -0.2) is 49.6 Å². The SMILES string of the molecule is CCOCCOC1(CC(=O)O)CNC1. The highest BCUT2D eigenvalue weighted by Gasteiger charge is 2.40. The maximum atomic E-state index is 10.6. The van der Waals surface area contributed by atoms with Gasteiger partial charge in [0.05, 0.1) is 19.6 Å². The van der Waals surface area contributed by atoms with E-state index in [-0.39, 0.29) is 6.42 Å². The average molecular weight is 203 g/mol. The van der Waals surface area contributed by atoms with Crippen LogP contribution in [0.15, 0.2) is 0 Å². The van der Waals surface area contributed by atoms with E-state index in [0.717, 1.165) is 0 Å². The van der Waals surface area contributed by atoms with Gasteiger partial charge < -0.3 is 19.9 Å². The molecule has 0 aromatic heterocycles. The number of carbonyl (C=O) groups is 1. The Balaban J connectivity index is 2.20. The zero-order chi connectivity index (χ0) is 10.4. The third-order valence-electron chi connectivity index (χ3n) is 2.21. The van der Waals surface area contributed by atoms with Gasteiger partial charge in [-0.1, -0.05) is 0 Å². The quantitative estimate of drug-likeness (QED) is 0.563. The van der Waals surface area contributed by atoms with Crippen molar-refractivity contribution in [3.05, 3.63) is 0 Å². The monoisotopic (exact) mass is 203 g/mol. The van der Waals surface area contributed by atoms with Gasteiger partial charge in [0.15, 0.2) is 0 Å². The van der Waals surface area contributed by atoms with E-state index in [0.29, 0.717) is 32.9 Å². The predicted octanol–water partition coefficient (Wildman–Crippen LogP) is -0.144. The summed E-state index contributed by atoms with van der Waals surface area (Å²) in [5, 5.41) is 11.7. The van der Waals surface area contributed by atoms with Crippen LogP contribution in [0.3, 0.4) is 0 Å². The zero-order valence-corrected chi connectivity index (χ0v) is 8.41. The molecule has 1 saturated heterocycles. The highest BCUT2D eigenvalue weighted by Crippen LogP contribution is 2.20. The molecular weight excluding hydrogens is 186 g/mol. The third-order valence-corrected chi connectivity index (χ3v) is 2.21. The molecule has 0 saturated carbocycles. The number of nitrogens with one attached hydrogen (secondary N) is 1. The molecule has 0 atom stereocenters. The molecule has 0 aromatic carbocycles. The van der Waals surface area contributed by atoms with Gasteiger partial charge in [-0.15, -0.1) is 0 Å². The number of ether oxygens (including phenoxy) is 2. The summed E-state index contributed by atoms with van der Waals surface area (Å²) in [6.07, 6.45) is 0.0616. The molecule has 14 heavy (non-hydrogen) atoms. The summed E-state index contributed by atoms with van der Waals surface area (Å²) in [4.78, 5) is 10.6. The van der Waals surface area contributed by atoms with E-state index in [4.69, 9.17) is 14.6 Å². The lowest BCUT2D eigenvalue weighted by Crippen LogP contribution is -2.62. The van der Waals surface area contributed by atoms with Gasteiger partial charge >= 0.3 is 5.97 Å². The van der Waals surface area contributed by atoms with Crippen LogP contribution in [0.1, 0.15) is 13.3 Å². The fourth-order valence-electron chi connectivity index (χ4n) is 1.42. The number of hydrogen-bond donors (Lipinski definition) is 2. The van der Waals surface area contributed by atoms with Crippen molar-refractivity contribution < 1.29 is 19.4 Å². The predicted molar refractivity (Wildman–Crippen MR) is 50.3 cm³/mol. The van der Waals surface area contributed by atoms with Crippen LogP contribution < -0.4 is 5.32 Å². The van der Waals surface area contributed by atoms with Gasteiger partial charge in [0.2, 0.25) is 0 Å². The van der Waals surface area contributed by atoms with Crippen LogP contribution in [0.25, 0.3) is 0 Å². The van der Waals surface area contributed by atoms with E-state index in [1.165, 1.54) is 0 Å². The molecular formula is C9H17NO4. The minimum absolute atomic E-state index is 0.0616. The summed E-state index contributed by atoms with van der Waals surface area (Å²) in [5.41, 5.74) is -0.497. The van der Waals surface area contributed by atoms with Gasteiger partial charge in [-0.2, -0.15) is 0 Å². The number of carboxylic acids is 1. The molecule has 0 unspecified atom stereocenters. The van der Waals surface area contributed by atoms with Gasteiger partial charge in [-0.3, -0.25) is 4.79 Å². The molecule has 1 fully saturated rings. The Morgan fingerprint density at radius 3 is 2.64 bits per heavy atom. The first-order valence-corrected chi connectivity index (χ1v) is 4.83. The maximum Gasteiger partial charge on any atom is 0.306 e. The number of hydrogen-bond acceptors (Lipinski definition) is 4. The standard InChI is InChI=1S/C9H17NO4/c1-2-13-3-4-14-9(5-8(11)12)6-10-7-9/h10H,2-7H2,1H3,(H,11,12). The van der Waals surface area contributed by atoms with Gasteiger partial charge in [0.25, 0.3) is 0 Å². The average Bonchev–Trinajstić information content (AvgIpc) is 2.07. The molecule has 0 aromatic rings. The fourth-order valence-corrected chi connectivity index (χ4v) is 1.42. The molecule has 0 amide bonds. The summed E-state index contributed by atoms with van der Waals surface area (Å²) >= 11 is 0. The lowest BCUT2D eigenvalue weighted by Gasteiger charge is -2.41. The number of rotatable bonds is 7. The van der Waals surface area contributed by atoms with Crippen molar-refractivity contribution in [3.63, 3.8) is 0 Å². The molecule has 1 rings (SSSR count). The Bertz CT molecular complexity index is 191. The van der Waals surface area contributed by atoms with E-state index >= 15 is 0 Å². The van der Waals surface area contributed by atoms with Crippen LogP contribution in [-0.2, 0) is 14.3 Å². The lowest BCUT2D eigenvalue weighted by molar-refractivity contribution is -0.152.